The molecule has 2 heterocycles. The molecule has 3 rings (SSSR count). The molecule has 1 aromatic carbocycles. The Balaban J connectivity index is 1.58. The van der Waals surface area contributed by atoms with Gasteiger partial charge in [0.15, 0.2) is 0 Å². The zero-order valence-electron chi connectivity index (χ0n) is 11.0. The minimum absolute atomic E-state index is 0.0826. The zero-order chi connectivity index (χ0) is 13.8. The van der Waals surface area contributed by atoms with E-state index in [1.54, 1.807) is 24.5 Å². The van der Waals surface area contributed by atoms with Gasteiger partial charge in [-0.05, 0) is 47.7 Å². The number of aromatic nitrogens is 2. The van der Waals surface area contributed by atoms with Crippen LogP contribution in [0.5, 0.6) is 0 Å². The summed E-state index contributed by atoms with van der Waals surface area (Å²) in [7, 11) is 0. The molecule has 4 heteroatoms. The average molecular weight is 265 g/mol. The third kappa shape index (κ3) is 2.69. The van der Waals surface area contributed by atoms with Crippen molar-refractivity contribution in [2.75, 3.05) is 6.54 Å². The Kier molecular flexibility index (Phi) is 3.46. The molecule has 0 unspecified atom stereocenters. The van der Waals surface area contributed by atoms with Gasteiger partial charge in [0.2, 0.25) is 0 Å². The summed E-state index contributed by atoms with van der Waals surface area (Å²) in [6.07, 6.45) is 5.97. The maximum absolute atomic E-state index is 11.8. The highest BCUT2D eigenvalue weighted by atomic mass is 16.1. The van der Waals surface area contributed by atoms with Crippen LogP contribution in [-0.2, 0) is 6.42 Å². The van der Waals surface area contributed by atoms with Crippen LogP contribution < -0.4 is 5.32 Å². The normalized spacial score (nSPS) is 10.6. The lowest BCUT2D eigenvalue weighted by molar-refractivity contribution is 0.0954. The molecule has 4 nitrogen and oxygen atoms in total. The molecule has 0 fully saturated rings. The SMILES string of the molecule is O=C(NCCc1ccc2[nH]ccc2c1)c1cccnc1. The zero-order valence-corrected chi connectivity index (χ0v) is 11.0. The van der Waals surface area contributed by atoms with Crippen molar-refractivity contribution in [1.29, 1.82) is 0 Å². The van der Waals surface area contributed by atoms with Gasteiger partial charge in [0.05, 0.1) is 5.56 Å². The van der Waals surface area contributed by atoms with Gasteiger partial charge >= 0.3 is 0 Å². The first-order valence-electron chi connectivity index (χ1n) is 6.57. The van der Waals surface area contributed by atoms with Gasteiger partial charge in [-0.2, -0.15) is 0 Å². The first kappa shape index (κ1) is 12.4. The summed E-state index contributed by atoms with van der Waals surface area (Å²) in [5, 5.41) is 4.10. The van der Waals surface area contributed by atoms with Crippen molar-refractivity contribution < 1.29 is 4.79 Å². The van der Waals surface area contributed by atoms with Crippen LogP contribution in [0.4, 0.5) is 0 Å². The molecule has 0 aliphatic carbocycles. The van der Waals surface area contributed by atoms with Gasteiger partial charge in [0.25, 0.3) is 5.91 Å². The standard InChI is InChI=1S/C16H15N3O/c20-16(14-2-1-7-17-11-14)19-8-5-12-3-4-15-13(10-12)6-9-18-15/h1-4,6-7,9-11,18H,5,8H2,(H,19,20). The third-order valence-electron chi connectivity index (χ3n) is 3.24. The Hall–Kier alpha value is -2.62. The minimum Gasteiger partial charge on any atom is -0.361 e. The van der Waals surface area contributed by atoms with Crippen LogP contribution in [-0.4, -0.2) is 22.4 Å². The Morgan fingerprint density at radius 2 is 2.20 bits per heavy atom. The van der Waals surface area contributed by atoms with Crippen molar-refractivity contribution in [2.24, 2.45) is 0 Å². The minimum atomic E-state index is -0.0826. The molecule has 0 bridgehead atoms. The van der Waals surface area contributed by atoms with Crippen LogP contribution in [0.3, 0.4) is 0 Å². The number of nitrogens with one attached hydrogen (secondary N) is 2. The maximum atomic E-state index is 11.8. The van der Waals surface area contributed by atoms with E-state index in [1.807, 2.05) is 12.3 Å². The number of carbonyl (C=O) groups excluding carboxylic acids is 1. The van der Waals surface area contributed by atoms with E-state index in [9.17, 15) is 4.79 Å². The second-order valence-corrected chi connectivity index (χ2v) is 4.65. The van der Waals surface area contributed by atoms with Gasteiger partial charge in [0, 0.05) is 30.7 Å². The molecule has 0 aliphatic heterocycles. The van der Waals surface area contributed by atoms with Gasteiger partial charge in [-0.3, -0.25) is 9.78 Å². The van der Waals surface area contributed by atoms with E-state index in [-0.39, 0.29) is 5.91 Å². The average Bonchev–Trinajstić information content (AvgIpc) is 2.95. The molecule has 100 valence electrons. The number of benzene rings is 1. The second-order valence-electron chi connectivity index (χ2n) is 4.65. The smallest absolute Gasteiger partial charge is 0.252 e. The lowest BCUT2D eigenvalue weighted by Gasteiger charge is -2.05. The van der Waals surface area contributed by atoms with Gasteiger partial charge in [-0.15, -0.1) is 0 Å². The van der Waals surface area contributed by atoms with Crippen molar-refractivity contribution in [3.05, 3.63) is 66.1 Å². The fourth-order valence-electron chi connectivity index (χ4n) is 2.18. The van der Waals surface area contributed by atoms with E-state index in [0.717, 1.165) is 11.9 Å². The first-order chi connectivity index (χ1) is 9.83. The quantitative estimate of drug-likeness (QED) is 0.761. The van der Waals surface area contributed by atoms with E-state index in [1.165, 1.54) is 10.9 Å². The molecule has 1 amide bonds. The van der Waals surface area contributed by atoms with Gasteiger partial charge in [0.1, 0.15) is 0 Å². The Bertz CT molecular complexity index is 719. The number of hydrogen-bond donors (Lipinski definition) is 2. The molecule has 0 saturated carbocycles. The largest absolute Gasteiger partial charge is 0.361 e. The fraction of sp³-hybridized carbons (Fsp3) is 0.125. The Labute approximate surface area is 116 Å². The number of pyridine rings is 1. The van der Waals surface area contributed by atoms with Crippen LogP contribution in [0, 0.1) is 0 Å². The van der Waals surface area contributed by atoms with Crippen molar-refractivity contribution in [3.8, 4) is 0 Å². The molecule has 3 aromatic rings. The van der Waals surface area contributed by atoms with E-state index < -0.39 is 0 Å². The summed E-state index contributed by atoms with van der Waals surface area (Å²) < 4.78 is 0. The summed E-state index contributed by atoms with van der Waals surface area (Å²) in [5.74, 6) is -0.0826. The number of hydrogen-bond acceptors (Lipinski definition) is 2. The van der Waals surface area contributed by atoms with Crippen molar-refractivity contribution >= 4 is 16.8 Å². The van der Waals surface area contributed by atoms with E-state index >= 15 is 0 Å². The highest BCUT2D eigenvalue weighted by molar-refractivity contribution is 5.93. The molecule has 2 N–H and O–H groups in total. The number of fused-ring (bicyclic) bond motifs is 1. The predicted octanol–water partition coefficient (Wildman–Crippen LogP) is 2.54. The monoisotopic (exact) mass is 265 g/mol. The van der Waals surface area contributed by atoms with E-state index in [0.29, 0.717) is 12.1 Å². The first-order valence-corrected chi connectivity index (χ1v) is 6.57. The summed E-state index contributed by atoms with van der Waals surface area (Å²) in [6.45, 7) is 0.615. The molecular weight excluding hydrogens is 250 g/mol. The van der Waals surface area contributed by atoms with Crippen molar-refractivity contribution in [2.45, 2.75) is 6.42 Å². The molecule has 0 radical (unpaired) electrons. The van der Waals surface area contributed by atoms with Gasteiger partial charge in [-0.25, -0.2) is 0 Å². The number of H-pyrrole nitrogens is 1. The van der Waals surface area contributed by atoms with Crippen LogP contribution in [0.15, 0.2) is 55.0 Å². The molecular formula is C16H15N3O. The molecule has 20 heavy (non-hydrogen) atoms. The van der Waals surface area contributed by atoms with Crippen LogP contribution in [0.1, 0.15) is 15.9 Å². The summed E-state index contributed by atoms with van der Waals surface area (Å²) in [4.78, 5) is 19.0. The summed E-state index contributed by atoms with van der Waals surface area (Å²) in [5.41, 5.74) is 2.94. The third-order valence-corrected chi connectivity index (χ3v) is 3.24. The fourth-order valence-corrected chi connectivity index (χ4v) is 2.18. The second kappa shape index (κ2) is 5.57. The highest BCUT2D eigenvalue weighted by Crippen LogP contribution is 2.14. The van der Waals surface area contributed by atoms with E-state index in [4.69, 9.17) is 0 Å². The number of carbonyl (C=O) groups is 1. The van der Waals surface area contributed by atoms with Crippen molar-refractivity contribution in [3.63, 3.8) is 0 Å². The van der Waals surface area contributed by atoms with Crippen molar-refractivity contribution in [1.82, 2.24) is 15.3 Å². The predicted molar refractivity (Wildman–Crippen MR) is 78.6 cm³/mol. The molecule has 0 aliphatic rings. The van der Waals surface area contributed by atoms with Crippen LogP contribution in [0.25, 0.3) is 10.9 Å². The van der Waals surface area contributed by atoms with Crippen LogP contribution >= 0.6 is 0 Å². The van der Waals surface area contributed by atoms with Gasteiger partial charge < -0.3 is 10.3 Å². The summed E-state index contributed by atoms with van der Waals surface area (Å²) in [6, 6.07) is 11.8. The lowest BCUT2D eigenvalue weighted by atomic mass is 10.1. The molecule has 0 spiro atoms. The Morgan fingerprint density at radius 3 is 3.05 bits per heavy atom. The lowest BCUT2D eigenvalue weighted by Crippen LogP contribution is -2.25. The number of rotatable bonds is 4. The maximum Gasteiger partial charge on any atom is 0.252 e. The van der Waals surface area contributed by atoms with Crippen LogP contribution in [0.2, 0.25) is 0 Å². The topological polar surface area (TPSA) is 57.8 Å². The molecule has 0 saturated heterocycles. The summed E-state index contributed by atoms with van der Waals surface area (Å²) >= 11 is 0. The van der Waals surface area contributed by atoms with E-state index in [2.05, 4.69) is 33.5 Å². The Morgan fingerprint density at radius 1 is 1.25 bits per heavy atom. The number of aromatic amines is 1. The van der Waals surface area contributed by atoms with Gasteiger partial charge in [-0.1, -0.05) is 6.07 Å². The molecule has 0 atom stereocenters. The number of nitrogens with zero attached hydrogens (tertiary/aromatic N) is 1. The highest BCUT2D eigenvalue weighted by Gasteiger charge is 2.04. The number of amides is 1. The molecule has 2 aromatic heterocycles.